The number of ether oxygens (including phenoxy) is 2. The van der Waals surface area contributed by atoms with Crippen molar-refractivity contribution in [2.45, 2.75) is 43.9 Å². The molecule has 0 bridgehead atoms. The van der Waals surface area contributed by atoms with Gasteiger partial charge in [0, 0.05) is 25.8 Å². The van der Waals surface area contributed by atoms with Crippen LogP contribution >= 0.6 is 0 Å². The van der Waals surface area contributed by atoms with Crippen molar-refractivity contribution < 1.29 is 9.47 Å². The van der Waals surface area contributed by atoms with E-state index in [1.807, 2.05) is 0 Å². The Hall–Kier alpha value is -0.120. The molecule has 1 heterocycles. The fraction of sp³-hybridized carbons (Fsp3) is 1.00. The normalized spacial score (nSPS) is 39.9. The van der Waals surface area contributed by atoms with Crippen LogP contribution in [0.5, 0.6) is 0 Å². The smallest absolute Gasteiger partial charge is 0.0619 e. The maximum Gasteiger partial charge on any atom is 0.0619 e. The largest absolute Gasteiger partial charge is 0.381 e. The van der Waals surface area contributed by atoms with E-state index < -0.39 is 0 Å². The van der Waals surface area contributed by atoms with Crippen molar-refractivity contribution in [3.05, 3.63) is 0 Å². The predicted octanol–water partition coefficient (Wildman–Crippen LogP) is 0.932. The number of methoxy groups -OCH3 is 1. The summed E-state index contributed by atoms with van der Waals surface area (Å²) in [6.07, 6.45) is 5.33. The highest BCUT2D eigenvalue weighted by molar-refractivity contribution is 4.88. The van der Waals surface area contributed by atoms with Crippen molar-refractivity contribution in [1.82, 2.24) is 5.32 Å². The Bertz CT molecular complexity index is 151. The van der Waals surface area contributed by atoms with Crippen LogP contribution < -0.4 is 5.32 Å². The number of rotatable bonds is 3. The number of hydrogen-bond donors (Lipinski definition) is 1. The lowest BCUT2D eigenvalue weighted by molar-refractivity contribution is 0.00151. The molecule has 2 fully saturated rings. The molecule has 2 rings (SSSR count). The Morgan fingerprint density at radius 2 is 2.15 bits per heavy atom. The van der Waals surface area contributed by atoms with Crippen molar-refractivity contribution in [2.75, 3.05) is 20.3 Å². The van der Waals surface area contributed by atoms with Gasteiger partial charge in [0.1, 0.15) is 0 Å². The first-order chi connectivity index (χ1) is 6.38. The lowest BCUT2D eigenvalue weighted by atomic mass is 9.88. The first-order valence-electron chi connectivity index (χ1n) is 5.25. The zero-order chi connectivity index (χ0) is 9.10. The van der Waals surface area contributed by atoms with Crippen LogP contribution in [-0.2, 0) is 9.47 Å². The molecule has 0 amide bonds. The van der Waals surface area contributed by atoms with Crippen LogP contribution in [0, 0.1) is 0 Å². The van der Waals surface area contributed by atoms with Gasteiger partial charge in [-0.05, 0) is 25.7 Å². The third kappa shape index (κ3) is 2.42. The van der Waals surface area contributed by atoms with E-state index in [4.69, 9.17) is 9.47 Å². The van der Waals surface area contributed by atoms with Gasteiger partial charge in [-0.15, -0.1) is 0 Å². The summed E-state index contributed by atoms with van der Waals surface area (Å²) in [5.41, 5.74) is 0. The van der Waals surface area contributed by atoms with E-state index in [9.17, 15) is 0 Å². The van der Waals surface area contributed by atoms with Gasteiger partial charge in [0.05, 0.1) is 12.7 Å². The van der Waals surface area contributed by atoms with Gasteiger partial charge in [-0.2, -0.15) is 0 Å². The van der Waals surface area contributed by atoms with Crippen LogP contribution in [0.15, 0.2) is 0 Å². The molecule has 0 unspecified atom stereocenters. The second kappa shape index (κ2) is 4.40. The van der Waals surface area contributed by atoms with Crippen LogP contribution in [0.25, 0.3) is 0 Å². The molecular formula is C10H19NO2. The van der Waals surface area contributed by atoms with Crippen molar-refractivity contribution in [2.24, 2.45) is 0 Å². The zero-order valence-corrected chi connectivity index (χ0v) is 8.29. The third-order valence-corrected chi connectivity index (χ3v) is 3.06. The van der Waals surface area contributed by atoms with Crippen molar-refractivity contribution in [1.29, 1.82) is 0 Å². The molecule has 0 aromatic heterocycles. The highest BCUT2D eigenvalue weighted by Gasteiger charge is 2.30. The average Bonchev–Trinajstić information content (AvgIpc) is 2.12. The fourth-order valence-corrected chi connectivity index (χ4v) is 2.10. The summed E-state index contributed by atoms with van der Waals surface area (Å²) < 4.78 is 10.6. The van der Waals surface area contributed by atoms with E-state index >= 15 is 0 Å². The summed E-state index contributed by atoms with van der Waals surface area (Å²) in [5, 5.41) is 3.61. The quantitative estimate of drug-likeness (QED) is 0.709. The van der Waals surface area contributed by atoms with Crippen molar-refractivity contribution in [3.8, 4) is 0 Å². The lowest BCUT2D eigenvalue weighted by Gasteiger charge is -2.38. The van der Waals surface area contributed by atoms with E-state index in [0.29, 0.717) is 18.2 Å². The molecule has 0 aromatic rings. The van der Waals surface area contributed by atoms with Gasteiger partial charge in [0.15, 0.2) is 0 Å². The summed E-state index contributed by atoms with van der Waals surface area (Å²) in [7, 11) is 1.80. The summed E-state index contributed by atoms with van der Waals surface area (Å²) in [6.45, 7) is 1.84. The maximum absolute atomic E-state index is 5.41. The van der Waals surface area contributed by atoms with E-state index in [-0.39, 0.29) is 0 Å². The summed E-state index contributed by atoms with van der Waals surface area (Å²) in [4.78, 5) is 0. The molecular weight excluding hydrogens is 166 g/mol. The molecule has 3 heteroatoms. The minimum atomic E-state index is 0.502. The predicted molar refractivity (Wildman–Crippen MR) is 50.8 cm³/mol. The zero-order valence-electron chi connectivity index (χ0n) is 8.29. The molecule has 1 saturated carbocycles. The molecule has 0 radical (unpaired) electrons. The molecule has 0 spiro atoms. The Morgan fingerprint density at radius 1 is 1.31 bits per heavy atom. The number of hydrogen-bond acceptors (Lipinski definition) is 3. The maximum atomic E-state index is 5.41. The number of nitrogens with one attached hydrogen (secondary N) is 1. The first-order valence-corrected chi connectivity index (χ1v) is 5.25. The Labute approximate surface area is 79.8 Å². The van der Waals surface area contributed by atoms with E-state index in [1.165, 1.54) is 25.7 Å². The van der Waals surface area contributed by atoms with Gasteiger partial charge < -0.3 is 14.8 Å². The second-order valence-corrected chi connectivity index (χ2v) is 4.11. The molecule has 2 aliphatic rings. The van der Waals surface area contributed by atoms with Crippen LogP contribution in [0.1, 0.15) is 25.7 Å². The highest BCUT2D eigenvalue weighted by Crippen LogP contribution is 2.23. The Balaban J connectivity index is 1.62. The van der Waals surface area contributed by atoms with Crippen LogP contribution in [0.2, 0.25) is 0 Å². The van der Waals surface area contributed by atoms with Gasteiger partial charge >= 0.3 is 0 Å². The molecule has 1 atom stereocenters. The van der Waals surface area contributed by atoms with Gasteiger partial charge in [0.2, 0.25) is 0 Å². The fourth-order valence-electron chi connectivity index (χ4n) is 2.10. The third-order valence-electron chi connectivity index (χ3n) is 3.06. The van der Waals surface area contributed by atoms with Crippen molar-refractivity contribution in [3.63, 3.8) is 0 Å². The topological polar surface area (TPSA) is 30.5 Å². The van der Waals surface area contributed by atoms with Crippen LogP contribution in [-0.4, -0.2) is 38.5 Å². The molecule has 1 aliphatic carbocycles. The molecule has 1 aliphatic heterocycles. The van der Waals surface area contributed by atoms with Crippen LogP contribution in [0.4, 0.5) is 0 Å². The average molecular weight is 185 g/mol. The minimum absolute atomic E-state index is 0.502. The van der Waals surface area contributed by atoms with E-state index in [0.717, 1.165) is 13.2 Å². The lowest BCUT2D eigenvalue weighted by Crippen LogP contribution is -2.51. The highest BCUT2D eigenvalue weighted by atomic mass is 16.5. The molecule has 0 aromatic carbocycles. The first kappa shape index (κ1) is 9.44. The SMILES string of the molecule is COC1CC(N[C@H]2CCCOC2)C1. The monoisotopic (exact) mass is 185 g/mol. The summed E-state index contributed by atoms with van der Waals surface area (Å²) >= 11 is 0. The molecule has 13 heavy (non-hydrogen) atoms. The van der Waals surface area contributed by atoms with E-state index in [1.54, 1.807) is 7.11 Å². The summed E-state index contributed by atoms with van der Waals surface area (Å²) in [5.74, 6) is 0. The van der Waals surface area contributed by atoms with E-state index in [2.05, 4.69) is 5.32 Å². The standard InChI is InChI=1S/C10H19NO2/c1-12-10-5-9(6-10)11-8-3-2-4-13-7-8/h8-11H,2-7H2,1H3/t8-,9?,10?/m0/s1. The Kier molecular flexibility index (Phi) is 3.19. The molecule has 3 nitrogen and oxygen atoms in total. The molecule has 76 valence electrons. The minimum Gasteiger partial charge on any atom is -0.381 e. The van der Waals surface area contributed by atoms with Gasteiger partial charge in [-0.1, -0.05) is 0 Å². The summed E-state index contributed by atoms with van der Waals surface area (Å²) in [6, 6.07) is 1.27. The van der Waals surface area contributed by atoms with Crippen molar-refractivity contribution >= 4 is 0 Å². The molecule has 1 N–H and O–H groups in total. The van der Waals surface area contributed by atoms with Crippen LogP contribution in [0.3, 0.4) is 0 Å². The van der Waals surface area contributed by atoms with Gasteiger partial charge in [0.25, 0.3) is 0 Å². The van der Waals surface area contributed by atoms with Gasteiger partial charge in [-0.25, -0.2) is 0 Å². The van der Waals surface area contributed by atoms with Gasteiger partial charge in [-0.3, -0.25) is 0 Å². The molecule has 1 saturated heterocycles. The second-order valence-electron chi connectivity index (χ2n) is 4.11. The Morgan fingerprint density at radius 3 is 2.77 bits per heavy atom.